The summed E-state index contributed by atoms with van der Waals surface area (Å²) in [6.45, 7) is 5.59. The van der Waals surface area contributed by atoms with Gasteiger partial charge in [0.1, 0.15) is 17.5 Å². The van der Waals surface area contributed by atoms with Crippen molar-refractivity contribution in [3.63, 3.8) is 0 Å². The molecule has 1 saturated carbocycles. The minimum absolute atomic E-state index is 0.0630. The van der Waals surface area contributed by atoms with Crippen molar-refractivity contribution in [2.24, 2.45) is 0 Å². The summed E-state index contributed by atoms with van der Waals surface area (Å²) in [5.41, 5.74) is 0.419. The molecule has 0 unspecified atom stereocenters. The van der Waals surface area contributed by atoms with Gasteiger partial charge in [-0.15, -0.1) is 0 Å². The molecule has 1 fully saturated rings. The van der Waals surface area contributed by atoms with Crippen molar-refractivity contribution in [2.75, 3.05) is 0 Å². The first-order valence-corrected chi connectivity index (χ1v) is 10.5. The highest BCUT2D eigenvalue weighted by atomic mass is 127. The fourth-order valence-corrected chi connectivity index (χ4v) is 3.97. The molecule has 1 heterocycles. The second-order valence-electron chi connectivity index (χ2n) is 7.49. The van der Waals surface area contributed by atoms with Gasteiger partial charge in [0, 0.05) is 28.5 Å². The van der Waals surface area contributed by atoms with E-state index in [1.54, 1.807) is 0 Å². The highest BCUT2D eigenvalue weighted by Crippen LogP contribution is 2.34. The van der Waals surface area contributed by atoms with Crippen molar-refractivity contribution < 1.29 is 14.3 Å². The molecule has 3 rings (SSSR count). The first kappa shape index (κ1) is 19.7. The number of halogens is 2. The molecule has 0 radical (unpaired) electrons. The van der Waals surface area contributed by atoms with Gasteiger partial charge in [0.25, 0.3) is 0 Å². The van der Waals surface area contributed by atoms with E-state index in [0.717, 1.165) is 44.0 Å². The van der Waals surface area contributed by atoms with Crippen LogP contribution in [0.25, 0.3) is 10.9 Å². The summed E-state index contributed by atoms with van der Waals surface area (Å²) in [7, 11) is 0. The summed E-state index contributed by atoms with van der Waals surface area (Å²) in [5, 5.41) is 3.94. The number of fused-ring (bicyclic) bond motifs is 1. The third-order valence-electron chi connectivity index (χ3n) is 4.13. The third kappa shape index (κ3) is 5.00. The van der Waals surface area contributed by atoms with E-state index < -0.39 is 5.60 Å². The smallest absolute Gasteiger partial charge is 0.407 e. The zero-order chi connectivity index (χ0) is 18.9. The molecule has 1 amide bonds. The van der Waals surface area contributed by atoms with Gasteiger partial charge in [-0.05, 0) is 74.4 Å². The summed E-state index contributed by atoms with van der Waals surface area (Å²) in [5.74, 6) is 0.861. The lowest BCUT2D eigenvalue weighted by atomic mass is 10.2. The van der Waals surface area contributed by atoms with E-state index in [4.69, 9.17) is 9.47 Å². The van der Waals surface area contributed by atoms with Crippen molar-refractivity contribution in [3.05, 3.63) is 32.4 Å². The normalized spacial score (nSPS) is 20.2. The lowest BCUT2D eigenvalue weighted by Crippen LogP contribution is -2.38. The Hall–Kier alpha value is -1.09. The number of alkyl carbamates (subject to hydrolysis) is 1. The van der Waals surface area contributed by atoms with Crippen molar-refractivity contribution in [3.8, 4) is 5.75 Å². The average Bonchev–Trinajstić information content (AvgIpc) is 2.95. The molecule has 140 valence electrons. The van der Waals surface area contributed by atoms with E-state index in [2.05, 4.69) is 48.8 Å². The minimum Gasteiger partial charge on any atom is -0.488 e. The average molecular weight is 533 g/mol. The van der Waals surface area contributed by atoms with E-state index in [1.165, 1.54) is 0 Å². The molecule has 1 aromatic carbocycles. The van der Waals surface area contributed by atoms with Crippen LogP contribution in [0.4, 0.5) is 4.79 Å². The largest absolute Gasteiger partial charge is 0.488 e. The fourth-order valence-electron chi connectivity index (χ4n) is 3.06. The number of aromatic nitrogens is 1. The molecule has 2 aromatic rings. The topological polar surface area (TPSA) is 60.5 Å². The van der Waals surface area contributed by atoms with Crippen LogP contribution in [-0.2, 0) is 4.74 Å². The number of nitrogens with zero attached hydrogens (tertiary/aromatic N) is 1. The predicted octanol–water partition coefficient (Wildman–Crippen LogP) is 5.43. The summed E-state index contributed by atoms with van der Waals surface area (Å²) >= 11 is 5.77. The van der Waals surface area contributed by atoms with Gasteiger partial charge in [-0.3, -0.25) is 4.98 Å². The molecule has 7 heteroatoms. The molecule has 0 bridgehead atoms. The fraction of sp³-hybridized carbons (Fsp3) is 0.474. The lowest BCUT2D eigenvalue weighted by Gasteiger charge is -2.22. The predicted molar refractivity (Wildman–Crippen MR) is 114 cm³/mol. The molecular weight excluding hydrogens is 511 g/mol. The van der Waals surface area contributed by atoms with Crippen LogP contribution in [-0.4, -0.2) is 28.8 Å². The van der Waals surface area contributed by atoms with Crippen LogP contribution in [0.2, 0.25) is 0 Å². The number of carbonyl (C=O) groups excluding carboxylic acids is 1. The molecule has 1 aliphatic carbocycles. The van der Waals surface area contributed by atoms with Gasteiger partial charge in [0.05, 0.1) is 9.09 Å². The Bertz CT molecular complexity index is 817. The molecule has 1 aliphatic rings. The van der Waals surface area contributed by atoms with Crippen LogP contribution in [0.15, 0.2) is 28.9 Å². The second-order valence-corrected chi connectivity index (χ2v) is 9.57. The van der Waals surface area contributed by atoms with Crippen molar-refractivity contribution in [1.29, 1.82) is 0 Å². The Morgan fingerprint density at radius 3 is 2.85 bits per heavy atom. The quantitative estimate of drug-likeness (QED) is 0.536. The van der Waals surface area contributed by atoms with Crippen LogP contribution in [0, 0.1) is 3.57 Å². The van der Waals surface area contributed by atoms with Gasteiger partial charge in [0.2, 0.25) is 0 Å². The summed E-state index contributed by atoms with van der Waals surface area (Å²) in [4.78, 5) is 16.4. The van der Waals surface area contributed by atoms with Gasteiger partial charge in [-0.2, -0.15) is 0 Å². The number of pyridine rings is 1. The zero-order valence-corrected chi connectivity index (χ0v) is 18.8. The number of nitrogens with one attached hydrogen (secondary N) is 1. The molecule has 0 aliphatic heterocycles. The van der Waals surface area contributed by atoms with Crippen LogP contribution < -0.4 is 10.1 Å². The first-order chi connectivity index (χ1) is 12.2. The van der Waals surface area contributed by atoms with Crippen LogP contribution >= 0.6 is 38.5 Å². The maximum absolute atomic E-state index is 12.0. The number of carbonyl (C=O) groups is 1. The molecule has 5 nitrogen and oxygen atoms in total. The maximum Gasteiger partial charge on any atom is 0.407 e. The maximum atomic E-state index is 12.0. The Morgan fingerprint density at radius 1 is 1.35 bits per heavy atom. The third-order valence-corrected chi connectivity index (χ3v) is 5.39. The number of ether oxygens (including phenoxy) is 2. The van der Waals surface area contributed by atoms with Crippen molar-refractivity contribution in [1.82, 2.24) is 10.3 Å². The Morgan fingerprint density at radius 2 is 2.12 bits per heavy atom. The Labute approximate surface area is 175 Å². The van der Waals surface area contributed by atoms with Gasteiger partial charge < -0.3 is 14.8 Å². The van der Waals surface area contributed by atoms with E-state index >= 15 is 0 Å². The van der Waals surface area contributed by atoms with Crippen molar-refractivity contribution >= 4 is 55.5 Å². The van der Waals surface area contributed by atoms with Gasteiger partial charge in [0.15, 0.2) is 0 Å². The van der Waals surface area contributed by atoms with E-state index in [1.807, 2.05) is 45.2 Å². The van der Waals surface area contributed by atoms with E-state index in [9.17, 15) is 4.79 Å². The van der Waals surface area contributed by atoms with Gasteiger partial charge in [-0.1, -0.05) is 15.9 Å². The summed E-state index contributed by atoms with van der Waals surface area (Å²) in [6.07, 6.45) is 4.08. The Kier molecular flexibility index (Phi) is 5.96. The highest BCUT2D eigenvalue weighted by Gasteiger charge is 2.29. The van der Waals surface area contributed by atoms with Crippen LogP contribution in [0.5, 0.6) is 5.75 Å². The SMILES string of the molecule is CC(C)(C)OC(=O)N[C@H]1CC[C@H](Oc2c(I)cnc3ccc(Br)cc23)C1. The number of amides is 1. The van der Waals surface area contributed by atoms with Gasteiger partial charge >= 0.3 is 6.09 Å². The molecule has 0 spiro atoms. The minimum atomic E-state index is -0.488. The van der Waals surface area contributed by atoms with Crippen molar-refractivity contribution in [2.45, 2.75) is 57.8 Å². The molecular formula is C19H22BrIN2O3. The molecule has 1 N–H and O–H groups in total. The van der Waals surface area contributed by atoms with Crippen LogP contribution in [0.1, 0.15) is 40.0 Å². The standard InChI is InChI=1S/C19H22BrIN2O3/c1-19(2,3)26-18(24)23-12-5-6-13(9-12)25-17-14-8-11(20)4-7-16(14)22-10-15(17)21/h4,7-8,10,12-13H,5-6,9H2,1-3H3,(H,23,24)/t12-,13-/m0/s1. The second kappa shape index (κ2) is 7.88. The zero-order valence-electron chi connectivity index (χ0n) is 15.0. The molecule has 0 saturated heterocycles. The number of hydrogen-bond acceptors (Lipinski definition) is 4. The monoisotopic (exact) mass is 532 g/mol. The first-order valence-electron chi connectivity index (χ1n) is 8.61. The summed E-state index contributed by atoms with van der Waals surface area (Å²) < 4.78 is 13.6. The number of benzene rings is 1. The number of hydrogen-bond donors (Lipinski definition) is 1. The molecule has 2 atom stereocenters. The molecule has 26 heavy (non-hydrogen) atoms. The lowest BCUT2D eigenvalue weighted by molar-refractivity contribution is 0.0503. The van der Waals surface area contributed by atoms with Gasteiger partial charge in [-0.25, -0.2) is 4.79 Å². The van der Waals surface area contributed by atoms with Crippen LogP contribution in [0.3, 0.4) is 0 Å². The highest BCUT2D eigenvalue weighted by molar-refractivity contribution is 14.1. The molecule has 1 aromatic heterocycles. The van der Waals surface area contributed by atoms with E-state index in [0.29, 0.717) is 0 Å². The number of rotatable bonds is 3. The summed E-state index contributed by atoms with van der Waals surface area (Å²) in [6, 6.07) is 6.06. The Balaban J connectivity index is 1.68. The van der Waals surface area contributed by atoms with E-state index in [-0.39, 0.29) is 18.2 Å².